The van der Waals surface area contributed by atoms with Crippen LogP contribution in [0.1, 0.15) is 51.9 Å². The maximum atomic E-state index is 11.0. The Hall–Kier alpha value is -1.06. The number of aliphatic carboxylic acids is 1. The molecule has 4 heteroatoms. The Morgan fingerprint density at radius 2 is 1.81 bits per heavy atom. The van der Waals surface area contributed by atoms with Crippen LogP contribution in [0.4, 0.5) is 0 Å². The molecule has 1 rings (SSSR count). The van der Waals surface area contributed by atoms with Crippen LogP contribution in [0.2, 0.25) is 0 Å². The summed E-state index contributed by atoms with van der Waals surface area (Å²) >= 11 is 0. The van der Waals surface area contributed by atoms with Gasteiger partial charge in [0.05, 0.1) is 0 Å². The van der Waals surface area contributed by atoms with Crippen LogP contribution in [0.15, 0.2) is 0 Å². The van der Waals surface area contributed by atoms with Gasteiger partial charge in [0.25, 0.3) is 0 Å². The summed E-state index contributed by atoms with van der Waals surface area (Å²) in [5, 5.41) is 11.5. The fourth-order valence-electron chi connectivity index (χ4n) is 2.40. The van der Waals surface area contributed by atoms with E-state index in [1.165, 1.54) is 32.6 Å². The molecule has 16 heavy (non-hydrogen) atoms. The molecule has 1 aliphatic rings. The van der Waals surface area contributed by atoms with Crippen LogP contribution in [0.5, 0.6) is 0 Å². The minimum atomic E-state index is -0.917. The summed E-state index contributed by atoms with van der Waals surface area (Å²) in [5.74, 6) is -0.726. The molecule has 1 atom stereocenters. The van der Waals surface area contributed by atoms with E-state index >= 15 is 0 Å². The molecule has 1 saturated carbocycles. The Labute approximate surface area is 96.4 Å². The molecule has 0 aromatic heterocycles. The highest BCUT2D eigenvalue weighted by Gasteiger charge is 2.23. The Morgan fingerprint density at radius 3 is 2.25 bits per heavy atom. The van der Waals surface area contributed by atoms with Gasteiger partial charge in [-0.15, -0.1) is 0 Å². The lowest BCUT2D eigenvalue weighted by molar-refractivity contribution is -0.142. The molecule has 1 aliphatic carbocycles. The number of rotatable bonds is 4. The molecule has 0 saturated heterocycles. The summed E-state index contributed by atoms with van der Waals surface area (Å²) in [6.07, 6.45) is 7.68. The number of carboxylic acids is 1. The molecule has 1 fully saturated rings. The molecule has 4 nitrogen and oxygen atoms in total. The highest BCUT2D eigenvalue weighted by molar-refractivity contribution is 5.81. The highest BCUT2D eigenvalue weighted by atomic mass is 16.4. The van der Waals surface area contributed by atoms with Crippen LogP contribution >= 0.6 is 0 Å². The minimum absolute atomic E-state index is 0.263. The van der Waals surface area contributed by atoms with E-state index in [-0.39, 0.29) is 5.91 Å². The third-order valence-corrected chi connectivity index (χ3v) is 3.22. The van der Waals surface area contributed by atoms with E-state index in [1.807, 2.05) is 0 Å². The number of amides is 1. The molecule has 0 heterocycles. The summed E-state index contributed by atoms with van der Waals surface area (Å²) < 4.78 is 0. The molecule has 0 radical (unpaired) electrons. The van der Waals surface area contributed by atoms with Crippen molar-refractivity contribution in [2.45, 2.75) is 57.9 Å². The number of carbonyl (C=O) groups excluding carboxylic acids is 1. The van der Waals surface area contributed by atoms with Crippen LogP contribution in [0.3, 0.4) is 0 Å². The van der Waals surface area contributed by atoms with Crippen molar-refractivity contribution in [3.63, 3.8) is 0 Å². The molecule has 0 spiro atoms. The summed E-state index contributed by atoms with van der Waals surface area (Å²) in [6.45, 7) is 1.36. The maximum Gasteiger partial charge on any atom is 0.326 e. The number of carbonyl (C=O) groups is 2. The molecular formula is C12H21NO3. The van der Waals surface area contributed by atoms with Gasteiger partial charge < -0.3 is 10.4 Å². The summed E-state index contributed by atoms with van der Waals surface area (Å²) in [5.41, 5.74) is 0. The van der Waals surface area contributed by atoms with Crippen LogP contribution in [0.25, 0.3) is 0 Å². The Kier molecular flexibility index (Phi) is 5.29. The SMILES string of the molecule is CC(=O)NC(CC1CCCCCC1)C(=O)O. The Balaban J connectivity index is 2.45. The van der Waals surface area contributed by atoms with Gasteiger partial charge in [0, 0.05) is 6.92 Å². The van der Waals surface area contributed by atoms with Gasteiger partial charge in [-0.1, -0.05) is 38.5 Å². The summed E-state index contributed by atoms with van der Waals surface area (Å²) in [4.78, 5) is 21.9. The topological polar surface area (TPSA) is 66.4 Å². The van der Waals surface area contributed by atoms with Crippen molar-refractivity contribution in [2.24, 2.45) is 5.92 Å². The highest BCUT2D eigenvalue weighted by Crippen LogP contribution is 2.26. The first-order valence-corrected chi connectivity index (χ1v) is 6.09. The minimum Gasteiger partial charge on any atom is -0.480 e. The van der Waals surface area contributed by atoms with E-state index in [0.717, 1.165) is 12.8 Å². The molecule has 0 aromatic carbocycles. The lowest BCUT2D eigenvalue weighted by atomic mass is 9.92. The predicted octanol–water partition coefficient (Wildman–Crippen LogP) is 1.94. The van der Waals surface area contributed by atoms with E-state index in [2.05, 4.69) is 5.32 Å². The van der Waals surface area contributed by atoms with Gasteiger partial charge in [0.1, 0.15) is 6.04 Å². The zero-order chi connectivity index (χ0) is 12.0. The van der Waals surface area contributed by atoms with Crippen molar-refractivity contribution < 1.29 is 14.7 Å². The fraction of sp³-hybridized carbons (Fsp3) is 0.833. The van der Waals surface area contributed by atoms with Crippen molar-refractivity contribution in [2.75, 3.05) is 0 Å². The second-order valence-electron chi connectivity index (χ2n) is 4.68. The monoisotopic (exact) mass is 227 g/mol. The number of nitrogens with one attached hydrogen (secondary N) is 1. The largest absolute Gasteiger partial charge is 0.480 e. The van der Waals surface area contributed by atoms with E-state index < -0.39 is 12.0 Å². The average molecular weight is 227 g/mol. The zero-order valence-electron chi connectivity index (χ0n) is 9.87. The molecule has 0 aromatic rings. The Morgan fingerprint density at radius 1 is 1.25 bits per heavy atom. The molecule has 0 bridgehead atoms. The van der Waals surface area contributed by atoms with E-state index in [9.17, 15) is 9.59 Å². The summed E-state index contributed by atoms with van der Waals surface area (Å²) in [7, 11) is 0. The fourth-order valence-corrected chi connectivity index (χ4v) is 2.40. The number of hydrogen-bond donors (Lipinski definition) is 2. The van der Waals surface area contributed by atoms with Crippen LogP contribution in [0, 0.1) is 5.92 Å². The number of hydrogen-bond acceptors (Lipinski definition) is 2. The van der Waals surface area contributed by atoms with Crippen molar-refractivity contribution in [3.05, 3.63) is 0 Å². The molecule has 1 amide bonds. The summed E-state index contributed by atoms with van der Waals surface area (Å²) in [6, 6.07) is -0.708. The third-order valence-electron chi connectivity index (χ3n) is 3.22. The smallest absolute Gasteiger partial charge is 0.326 e. The van der Waals surface area contributed by atoms with Gasteiger partial charge in [0.15, 0.2) is 0 Å². The van der Waals surface area contributed by atoms with Crippen LogP contribution < -0.4 is 5.32 Å². The lowest BCUT2D eigenvalue weighted by Crippen LogP contribution is -2.40. The van der Waals surface area contributed by atoms with Gasteiger partial charge >= 0.3 is 5.97 Å². The van der Waals surface area contributed by atoms with E-state index in [4.69, 9.17) is 5.11 Å². The van der Waals surface area contributed by atoms with Crippen molar-refractivity contribution in [3.8, 4) is 0 Å². The molecule has 0 aliphatic heterocycles. The second kappa shape index (κ2) is 6.51. The third kappa shape index (κ3) is 4.64. The second-order valence-corrected chi connectivity index (χ2v) is 4.68. The van der Waals surface area contributed by atoms with E-state index in [1.54, 1.807) is 0 Å². The standard InChI is InChI=1S/C12H21NO3/c1-9(14)13-11(12(15)16)8-10-6-4-2-3-5-7-10/h10-11H,2-8H2,1H3,(H,13,14)(H,15,16). The van der Waals surface area contributed by atoms with Gasteiger partial charge in [0.2, 0.25) is 5.91 Å². The maximum absolute atomic E-state index is 11.0. The van der Waals surface area contributed by atoms with Gasteiger partial charge in [-0.3, -0.25) is 4.79 Å². The van der Waals surface area contributed by atoms with Gasteiger partial charge in [-0.05, 0) is 12.3 Å². The van der Waals surface area contributed by atoms with Crippen molar-refractivity contribution in [1.82, 2.24) is 5.32 Å². The molecule has 92 valence electrons. The Bertz CT molecular complexity index is 245. The first kappa shape index (κ1) is 13.0. The normalized spacial score (nSPS) is 19.8. The predicted molar refractivity (Wildman–Crippen MR) is 61.0 cm³/mol. The first-order chi connectivity index (χ1) is 7.59. The van der Waals surface area contributed by atoms with Crippen molar-refractivity contribution >= 4 is 11.9 Å². The first-order valence-electron chi connectivity index (χ1n) is 6.09. The zero-order valence-corrected chi connectivity index (χ0v) is 9.87. The molecule has 1 unspecified atom stereocenters. The van der Waals surface area contributed by atoms with Crippen molar-refractivity contribution in [1.29, 1.82) is 0 Å². The lowest BCUT2D eigenvalue weighted by Gasteiger charge is -2.19. The quantitative estimate of drug-likeness (QED) is 0.721. The van der Waals surface area contributed by atoms with Crippen LogP contribution in [-0.2, 0) is 9.59 Å². The van der Waals surface area contributed by atoms with Gasteiger partial charge in [-0.2, -0.15) is 0 Å². The van der Waals surface area contributed by atoms with E-state index in [0.29, 0.717) is 12.3 Å². The van der Waals surface area contributed by atoms with Crippen LogP contribution in [-0.4, -0.2) is 23.0 Å². The molecular weight excluding hydrogens is 206 g/mol. The molecule has 2 N–H and O–H groups in total. The number of carboxylic acid groups (broad SMARTS) is 1. The van der Waals surface area contributed by atoms with Gasteiger partial charge in [-0.25, -0.2) is 4.79 Å². The average Bonchev–Trinajstić information content (AvgIpc) is 2.44.